The van der Waals surface area contributed by atoms with Gasteiger partial charge in [-0.05, 0) is 49.9 Å². The first-order valence-corrected chi connectivity index (χ1v) is 9.18. The van der Waals surface area contributed by atoms with Crippen LogP contribution >= 0.6 is 0 Å². The van der Waals surface area contributed by atoms with Gasteiger partial charge < -0.3 is 15.0 Å². The molecule has 22 heavy (non-hydrogen) atoms. The summed E-state index contributed by atoms with van der Waals surface area (Å²) in [4.78, 5) is 6.75. The number of ether oxygens (including phenoxy) is 1. The lowest BCUT2D eigenvalue weighted by Crippen LogP contribution is -2.42. The highest BCUT2D eigenvalue weighted by Crippen LogP contribution is 2.27. The number of guanidine groups is 1. The molecule has 1 aliphatic carbocycles. The van der Waals surface area contributed by atoms with Gasteiger partial charge in [-0.2, -0.15) is 0 Å². The maximum atomic E-state index is 5.44. The Bertz CT molecular complexity index is 331. The molecule has 0 bridgehead atoms. The molecule has 1 aliphatic heterocycles. The van der Waals surface area contributed by atoms with Gasteiger partial charge in [-0.15, -0.1) is 0 Å². The summed E-state index contributed by atoms with van der Waals surface area (Å²) >= 11 is 0. The molecule has 4 heteroatoms. The van der Waals surface area contributed by atoms with Gasteiger partial charge in [0.25, 0.3) is 0 Å². The maximum absolute atomic E-state index is 5.44. The summed E-state index contributed by atoms with van der Waals surface area (Å²) in [5.41, 5.74) is 0. The van der Waals surface area contributed by atoms with Crippen molar-refractivity contribution in [2.24, 2.45) is 22.7 Å². The fraction of sp³-hybridized carbons (Fsp3) is 0.944. The number of hydrogen-bond donors (Lipinski definition) is 1. The Kier molecular flexibility index (Phi) is 7.50. The average molecular weight is 309 g/mol. The minimum absolute atomic E-state index is 0.828. The van der Waals surface area contributed by atoms with Crippen LogP contribution in [0.15, 0.2) is 4.99 Å². The molecule has 128 valence electrons. The Morgan fingerprint density at radius 2 is 1.77 bits per heavy atom. The van der Waals surface area contributed by atoms with Crippen LogP contribution in [0.1, 0.15) is 51.9 Å². The summed E-state index contributed by atoms with van der Waals surface area (Å²) in [6, 6.07) is 0. The zero-order chi connectivity index (χ0) is 15.8. The Hall–Kier alpha value is -0.770. The standard InChI is InChI=1S/C18H35N3O/c1-15-4-6-17(7-5-15)14-20-18(19-2)21(3)11-8-16-9-12-22-13-10-16/h15-17H,4-14H2,1-3H3,(H,19,20). The number of hydrogen-bond acceptors (Lipinski definition) is 2. The van der Waals surface area contributed by atoms with Crippen molar-refractivity contribution in [3.05, 3.63) is 0 Å². The monoisotopic (exact) mass is 309 g/mol. The third-order valence-corrected chi connectivity index (χ3v) is 5.47. The minimum Gasteiger partial charge on any atom is -0.381 e. The van der Waals surface area contributed by atoms with Gasteiger partial charge >= 0.3 is 0 Å². The molecule has 0 unspecified atom stereocenters. The molecule has 0 aromatic carbocycles. The van der Waals surface area contributed by atoms with Gasteiger partial charge in [-0.3, -0.25) is 4.99 Å². The lowest BCUT2D eigenvalue weighted by atomic mass is 9.83. The molecule has 1 heterocycles. The fourth-order valence-electron chi connectivity index (χ4n) is 3.67. The molecule has 1 N–H and O–H groups in total. The normalized spacial score (nSPS) is 27.7. The van der Waals surface area contributed by atoms with E-state index < -0.39 is 0 Å². The van der Waals surface area contributed by atoms with Gasteiger partial charge in [-0.25, -0.2) is 0 Å². The second kappa shape index (κ2) is 9.39. The molecule has 0 aromatic heterocycles. The highest BCUT2D eigenvalue weighted by atomic mass is 16.5. The van der Waals surface area contributed by atoms with Gasteiger partial charge in [-0.1, -0.05) is 19.8 Å². The molecular formula is C18H35N3O. The topological polar surface area (TPSA) is 36.9 Å². The molecule has 0 radical (unpaired) electrons. The summed E-state index contributed by atoms with van der Waals surface area (Å²) in [5, 5.41) is 3.59. The Balaban J connectivity index is 1.66. The van der Waals surface area contributed by atoms with Crippen molar-refractivity contribution >= 4 is 5.96 Å². The van der Waals surface area contributed by atoms with E-state index in [0.717, 1.165) is 50.0 Å². The van der Waals surface area contributed by atoms with Crippen molar-refractivity contribution in [2.75, 3.05) is 40.4 Å². The van der Waals surface area contributed by atoms with Crippen LogP contribution in [0.2, 0.25) is 0 Å². The predicted molar refractivity (Wildman–Crippen MR) is 93.3 cm³/mol. The SMILES string of the molecule is CN=C(NCC1CCC(C)CC1)N(C)CCC1CCOCC1. The molecule has 1 saturated carbocycles. The molecule has 2 fully saturated rings. The van der Waals surface area contributed by atoms with Crippen LogP contribution in [0.25, 0.3) is 0 Å². The largest absolute Gasteiger partial charge is 0.381 e. The molecular weight excluding hydrogens is 274 g/mol. The van der Waals surface area contributed by atoms with E-state index in [1.54, 1.807) is 0 Å². The van der Waals surface area contributed by atoms with Crippen LogP contribution in [0.4, 0.5) is 0 Å². The maximum Gasteiger partial charge on any atom is 0.193 e. The molecule has 0 amide bonds. The van der Waals surface area contributed by atoms with Crippen LogP contribution in [0.3, 0.4) is 0 Å². The zero-order valence-corrected chi connectivity index (χ0v) is 14.8. The van der Waals surface area contributed by atoms with Gasteiger partial charge in [0.1, 0.15) is 0 Å². The van der Waals surface area contributed by atoms with E-state index in [4.69, 9.17) is 4.74 Å². The van der Waals surface area contributed by atoms with E-state index in [9.17, 15) is 0 Å². The van der Waals surface area contributed by atoms with Crippen LogP contribution < -0.4 is 5.32 Å². The number of rotatable bonds is 5. The van der Waals surface area contributed by atoms with Gasteiger partial charge in [0.15, 0.2) is 5.96 Å². The van der Waals surface area contributed by atoms with Crippen LogP contribution in [0, 0.1) is 17.8 Å². The summed E-state index contributed by atoms with van der Waals surface area (Å²) in [6.45, 7) is 6.45. The Labute approximate surface area is 136 Å². The summed E-state index contributed by atoms with van der Waals surface area (Å²) in [6.07, 6.45) is 9.23. The van der Waals surface area contributed by atoms with E-state index in [2.05, 4.69) is 29.2 Å². The van der Waals surface area contributed by atoms with E-state index >= 15 is 0 Å². The first kappa shape index (κ1) is 17.6. The second-order valence-corrected chi connectivity index (χ2v) is 7.32. The first-order chi connectivity index (χ1) is 10.7. The number of nitrogens with one attached hydrogen (secondary N) is 1. The minimum atomic E-state index is 0.828. The highest BCUT2D eigenvalue weighted by molar-refractivity contribution is 5.79. The van der Waals surface area contributed by atoms with Crippen LogP contribution in [0.5, 0.6) is 0 Å². The average Bonchev–Trinajstić information content (AvgIpc) is 2.56. The molecule has 1 saturated heterocycles. The van der Waals surface area contributed by atoms with Crippen molar-refractivity contribution in [2.45, 2.75) is 51.9 Å². The van der Waals surface area contributed by atoms with Gasteiger partial charge in [0.05, 0.1) is 0 Å². The van der Waals surface area contributed by atoms with Crippen molar-refractivity contribution in [3.8, 4) is 0 Å². The molecule has 2 aliphatic rings. The van der Waals surface area contributed by atoms with Crippen LogP contribution in [-0.4, -0.2) is 51.3 Å². The quantitative estimate of drug-likeness (QED) is 0.626. The second-order valence-electron chi connectivity index (χ2n) is 7.32. The fourth-order valence-corrected chi connectivity index (χ4v) is 3.67. The number of aliphatic imine (C=N–C) groups is 1. The van der Waals surface area contributed by atoms with E-state index in [1.807, 2.05) is 7.05 Å². The number of nitrogens with zero attached hydrogens (tertiary/aromatic N) is 2. The van der Waals surface area contributed by atoms with Crippen molar-refractivity contribution < 1.29 is 4.74 Å². The molecule has 0 atom stereocenters. The zero-order valence-electron chi connectivity index (χ0n) is 14.8. The van der Waals surface area contributed by atoms with E-state index in [0.29, 0.717) is 0 Å². The smallest absolute Gasteiger partial charge is 0.193 e. The van der Waals surface area contributed by atoms with Crippen molar-refractivity contribution in [1.29, 1.82) is 0 Å². The van der Waals surface area contributed by atoms with Gasteiger partial charge in [0.2, 0.25) is 0 Å². The molecule has 0 aromatic rings. The first-order valence-electron chi connectivity index (χ1n) is 9.18. The van der Waals surface area contributed by atoms with Gasteiger partial charge in [0, 0.05) is 40.4 Å². The van der Waals surface area contributed by atoms with Crippen LogP contribution in [-0.2, 0) is 4.74 Å². The Morgan fingerprint density at radius 1 is 1.09 bits per heavy atom. The molecule has 0 spiro atoms. The lowest BCUT2D eigenvalue weighted by molar-refractivity contribution is 0.0625. The predicted octanol–water partition coefficient (Wildman–Crippen LogP) is 3.14. The molecule has 2 rings (SSSR count). The van der Waals surface area contributed by atoms with Crippen molar-refractivity contribution in [1.82, 2.24) is 10.2 Å². The third kappa shape index (κ3) is 5.79. The van der Waals surface area contributed by atoms with E-state index in [1.165, 1.54) is 44.9 Å². The lowest BCUT2D eigenvalue weighted by Gasteiger charge is -2.29. The summed E-state index contributed by atoms with van der Waals surface area (Å²) < 4.78 is 5.44. The molecule has 4 nitrogen and oxygen atoms in total. The summed E-state index contributed by atoms with van der Waals surface area (Å²) in [7, 11) is 4.06. The van der Waals surface area contributed by atoms with Crippen molar-refractivity contribution in [3.63, 3.8) is 0 Å². The summed E-state index contributed by atoms with van der Waals surface area (Å²) in [5.74, 6) is 3.65. The Morgan fingerprint density at radius 3 is 2.41 bits per heavy atom. The van der Waals surface area contributed by atoms with E-state index in [-0.39, 0.29) is 0 Å². The highest BCUT2D eigenvalue weighted by Gasteiger charge is 2.19. The third-order valence-electron chi connectivity index (χ3n) is 5.47.